The number of tetrazole rings is 1. The number of nitrogens with one attached hydrogen (secondary N) is 1. The molecule has 2 bridgehead atoms. The van der Waals surface area contributed by atoms with Crippen LogP contribution in [0.1, 0.15) is 43.8 Å². The number of carbonyl (C=O) groups is 1. The van der Waals surface area contributed by atoms with E-state index in [0.717, 1.165) is 12.3 Å². The second-order valence-corrected chi connectivity index (χ2v) is 8.85. The average molecular weight is 474 g/mol. The molecule has 3 aromatic rings. The Morgan fingerprint density at radius 1 is 1.24 bits per heavy atom. The summed E-state index contributed by atoms with van der Waals surface area (Å²) in [5, 5.41) is 43.3. The second kappa shape index (κ2) is 8.73. The number of hydrogen-bond donors (Lipinski definition) is 5. The summed E-state index contributed by atoms with van der Waals surface area (Å²) < 4.78 is 7.47. The van der Waals surface area contributed by atoms with Crippen LogP contribution in [-0.2, 0) is 16.6 Å². The van der Waals surface area contributed by atoms with Crippen LogP contribution in [0.15, 0.2) is 6.33 Å². The van der Waals surface area contributed by atoms with Crippen molar-refractivity contribution >= 4 is 29.4 Å². The van der Waals surface area contributed by atoms with Gasteiger partial charge in [-0.2, -0.15) is 14.8 Å². The van der Waals surface area contributed by atoms with E-state index in [4.69, 9.17) is 20.4 Å². The van der Waals surface area contributed by atoms with Crippen LogP contribution >= 0.6 is 0 Å². The fourth-order valence-corrected chi connectivity index (χ4v) is 5.29. The van der Waals surface area contributed by atoms with E-state index in [1.165, 1.54) is 30.4 Å². The van der Waals surface area contributed by atoms with Crippen molar-refractivity contribution in [2.45, 2.75) is 56.3 Å². The lowest BCUT2D eigenvalue weighted by molar-refractivity contribution is -0.122. The summed E-state index contributed by atoms with van der Waals surface area (Å²) in [7, 11) is 1.61. The number of ether oxygens (including phenoxy) is 1. The van der Waals surface area contributed by atoms with Gasteiger partial charge in [0, 0.05) is 6.04 Å². The van der Waals surface area contributed by atoms with Gasteiger partial charge in [0.15, 0.2) is 23.8 Å². The number of nitrogens with zero attached hydrogens (tertiary/aromatic N) is 8. The molecular weight excluding hydrogens is 448 g/mol. The molecule has 1 aliphatic heterocycles. The molecule has 4 heterocycles. The minimum Gasteiger partial charge on any atom is -0.483 e. The molecule has 3 unspecified atom stereocenters. The Balaban J connectivity index is 0.000000764. The van der Waals surface area contributed by atoms with Gasteiger partial charge < -0.3 is 31.1 Å². The van der Waals surface area contributed by atoms with Crippen LogP contribution < -0.4 is 11.1 Å². The zero-order valence-electron chi connectivity index (χ0n) is 18.3. The number of imidazole rings is 1. The number of carboxylic acid groups (broad SMARTS) is 1. The standard InChI is InChI=1S/C18H24N10O3.CH2O2/c1-27-25-15(24-26-27)13-11(29)12(30)17(31-13)28-6-20-10-14(19)22-18(23-16(10)28)21-9-5-7-2-3-8(9)4-7;2-1-3/h6-9,11-13,17,29-30H,2-5H2,1H3,(H3,19,21,22,23);1H,(H,2,3)/t7?,8?,9?,11-,12+,13-,17+;/m0./s1. The number of anilines is 2. The Morgan fingerprint density at radius 3 is 2.68 bits per heavy atom. The van der Waals surface area contributed by atoms with Gasteiger partial charge in [-0.05, 0) is 36.3 Å². The highest BCUT2D eigenvalue weighted by molar-refractivity contribution is 5.83. The molecule has 0 spiro atoms. The van der Waals surface area contributed by atoms with Gasteiger partial charge in [-0.3, -0.25) is 9.36 Å². The predicted molar refractivity (Wildman–Crippen MR) is 115 cm³/mol. The lowest BCUT2D eigenvalue weighted by Crippen LogP contribution is -2.29. The van der Waals surface area contributed by atoms with E-state index in [9.17, 15) is 10.2 Å². The predicted octanol–water partition coefficient (Wildman–Crippen LogP) is -0.775. The number of nitrogens with two attached hydrogens (primary N) is 1. The summed E-state index contributed by atoms with van der Waals surface area (Å²) in [5.74, 6) is 2.29. The van der Waals surface area contributed by atoms with Crippen molar-refractivity contribution in [1.82, 2.24) is 39.7 Å². The summed E-state index contributed by atoms with van der Waals surface area (Å²) in [4.78, 5) is 22.9. The van der Waals surface area contributed by atoms with Crippen molar-refractivity contribution in [3.63, 3.8) is 0 Å². The van der Waals surface area contributed by atoms with Gasteiger partial charge in [0.1, 0.15) is 17.7 Å². The minimum atomic E-state index is -1.25. The Labute approximate surface area is 193 Å². The molecule has 2 saturated carbocycles. The smallest absolute Gasteiger partial charge is 0.290 e. The maximum atomic E-state index is 10.7. The number of aliphatic hydroxyl groups is 2. The Hall–Kier alpha value is -3.43. The zero-order valence-corrected chi connectivity index (χ0v) is 18.3. The molecule has 3 aliphatic rings. The third-order valence-corrected chi connectivity index (χ3v) is 6.79. The highest BCUT2D eigenvalue weighted by atomic mass is 16.6. The van der Waals surface area contributed by atoms with E-state index in [0.29, 0.717) is 29.1 Å². The van der Waals surface area contributed by atoms with E-state index >= 15 is 0 Å². The monoisotopic (exact) mass is 474 g/mol. The number of rotatable bonds is 4. The summed E-state index contributed by atoms with van der Waals surface area (Å²) >= 11 is 0. The number of nitrogen functional groups attached to an aromatic ring is 1. The van der Waals surface area contributed by atoms with Crippen molar-refractivity contribution < 1.29 is 24.9 Å². The van der Waals surface area contributed by atoms with Crippen molar-refractivity contribution in [2.24, 2.45) is 18.9 Å². The molecular formula is C19H26N10O5. The third kappa shape index (κ3) is 3.80. The van der Waals surface area contributed by atoms with Crippen molar-refractivity contribution in [1.29, 1.82) is 0 Å². The van der Waals surface area contributed by atoms with Crippen molar-refractivity contribution in [3.8, 4) is 0 Å². The fourth-order valence-electron chi connectivity index (χ4n) is 5.29. The van der Waals surface area contributed by atoms with E-state index < -0.39 is 24.5 Å². The minimum absolute atomic E-state index is 0.189. The van der Waals surface area contributed by atoms with Gasteiger partial charge in [0.05, 0.1) is 13.4 Å². The van der Waals surface area contributed by atoms with Crippen LogP contribution in [0.2, 0.25) is 0 Å². The quantitative estimate of drug-likeness (QED) is 0.294. The SMILES string of the molecule is Cn1nnc([C@H]2O[C@@H](n3cnc4c(N)nc(NC5CC6CCC5C6)nc43)[C@H](O)[C@@H]2O)n1.O=CO. The summed E-state index contributed by atoms with van der Waals surface area (Å²) in [5.41, 5.74) is 6.98. The topological polar surface area (TPSA) is 212 Å². The first kappa shape index (κ1) is 22.4. The Kier molecular flexibility index (Phi) is 5.75. The number of hydrogen-bond acceptors (Lipinski definition) is 12. The van der Waals surface area contributed by atoms with Crippen molar-refractivity contribution in [3.05, 3.63) is 12.2 Å². The molecule has 0 amide bonds. The number of aryl methyl sites for hydroxylation is 1. The first-order chi connectivity index (χ1) is 16.4. The highest BCUT2D eigenvalue weighted by Crippen LogP contribution is 2.45. The molecule has 15 nitrogen and oxygen atoms in total. The van der Waals surface area contributed by atoms with E-state index in [1.54, 1.807) is 11.6 Å². The second-order valence-electron chi connectivity index (χ2n) is 8.85. The molecule has 0 radical (unpaired) electrons. The largest absolute Gasteiger partial charge is 0.483 e. The van der Waals surface area contributed by atoms with Gasteiger partial charge >= 0.3 is 0 Å². The van der Waals surface area contributed by atoms with Crippen LogP contribution in [0.25, 0.3) is 11.2 Å². The summed E-state index contributed by atoms with van der Waals surface area (Å²) in [6, 6.07) is 0.342. The Morgan fingerprint density at radius 2 is 2.03 bits per heavy atom. The molecule has 0 aromatic carbocycles. The first-order valence-corrected chi connectivity index (χ1v) is 11.0. The third-order valence-electron chi connectivity index (χ3n) is 6.79. The fraction of sp³-hybridized carbons (Fsp3) is 0.632. The molecule has 34 heavy (non-hydrogen) atoms. The summed E-state index contributed by atoms with van der Waals surface area (Å²) in [6.07, 6.45) is 2.02. The molecule has 2 aliphatic carbocycles. The highest BCUT2D eigenvalue weighted by Gasteiger charge is 2.47. The summed E-state index contributed by atoms with van der Waals surface area (Å²) in [6.45, 7) is -0.250. The average Bonchev–Trinajstić information content (AvgIpc) is 3.61. The van der Waals surface area contributed by atoms with Gasteiger partial charge in [0.25, 0.3) is 6.47 Å². The zero-order chi connectivity index (χ0) is 24.0. The molecule has 7 atom stereocenters. The molecule has 15 heteroatoms. The van der Waals surface area contributed by atoms with E-state index in [1.807, 2.05) is 0 Å². The molecule has 1 saturated heterocycles. The van der Waals surface area contributed by atoms with E-state index in [2.05, 4.69) is 35.7 Å². The van der Waals surface area contributed by atoms with E-state index in [-0.39, 0.29) is 18.1 Å². The van der Waals surface area contributed by atoms with Crippen LogP contribution in [0.3, 0.4) is 0 Å². The molecule has 6 rings (SSSR count). The van der Waals surface area contributed by atoms with Gasteiger partial charge in [-0.1, -0.05) is 6.42 Å². The lowest BCUT2D eigenvalue weighted by Gasteiger charge is -2.23. The number of aliphatic hydroxyl groups excluding tert-OH is 2. The molecule has 182 valence electrons. The van der Waals surface area contributed by atoms with Gasteiger partial charge in [0.2, 0.25) is 11.8 Å². The van der Waals surface area contributed by atoms with Crippen molar-refractivity contribution in [2.75, 3.05) is 11.1 Å². The maximum absolute atomic E-state index is 10.7. The van der Waals surface area contributed by atoms with Crippen LogP contribution in [0.4, 0.5) is 11.8 Å². The number of aromatic nitrogens is 8. The maximum Gasteiger partial charge on any atom is 0.290 e. The van der Waals surface area contributed by atoms with Gasteiger partial charge in [-0.15, -0.1) is 10.2 Å². The normalized spacial score (nSPS) is 32.0. The van der Waals surface area contributed by atoms with Crippen LogP contribution in [-0.4, -0.2) is 79.8 Å². The first-order valence-electron chi connectivity index (χ1n) is 11.0. The lowest BCUT2D eigenvalue weighted by atomic mass is 9.95. The molecule has 3 aromatic heterocycles. The molecule has 6 N–H and O–H groups in total. The number of fused-ring (bicyclic) bond motifs is 3. The van der Waals surface area contributed by atoms with Crippen LogP contribution in [0.5, 0.6) is 0 Å². The Bertz CT molecular complexity index is 1180. The van der Waals surface area contributed by atoms with Crippen LogP contribution in [0, 0.1) is 11.8 Å². The molecule has 3 fully saturated rings. The van der Waals surface area contributed by atoms with Gasteiger partial charge in [-0.25, -0.2) is 4.98 Å².